The molecule has 0 unspecified atom stereocenters. The smallest absolute Gasteiger partial charge is 0.336 e. The highest BCUT2D eigenvalue weighted by Gasteiger charge is 2.26. The van der Waals surface area contributed by atoms with Gasteiger partial charge in [0, 0.05) is 76.8 Å². The zero-order chi connectivity index (χ0) is 52.6. The largest absolute Gasteiger partial charge is 0.744 e. The van der Waals surface area contributed by atoms with Crippen LogP contribution in [0.15, 0.2) is 127 Å². The van der Waals surface area contributed by atoms with E-state index in [0.717, 1.165) is 36.4 Å². The highest BCUT2D eigenvalue weighted by molar-refractivity contribution is 7.86. The Morgan fingerprint density at radius 2 is 0.932 bits per heavy atom. The van der Waals surface area contributed by atoms with E-state index in [1.807, 2.05) is 0 Å². The summed E-state index contributed by atoms with van der Waals surface area (Å²) in [5.41, 5.74) is -1.81. The molecule has 6 aromatic carbocycles. The van der Waals surface area contributed by atoms with Gasteiger partial charge in [-0.25, -0.2) is 30.0 Å². The molecule has 374 valence electrons. The lowest BCUT2D eigenvalue weighted by Gasteiger charge is -2.21. The summed E-state index contributed by atoms with van der Waals surface area (Å²) < 4.78 is 118. The molecule has 1 aliphatic heterocycles. The number of phenolic OH excluding ortho intramolecular Hbond substituents is 5. The van der Waals surface area contributed by atoms with Gasteiger partial charge in [-0.15, -0.1) is 0 Å². The topological polar surface area (TPSA) is 364 Å². The molecule has 0 atom stereocenters. The number of rotatable bonds is 7. The van der Waals surface area contributed by atoms with Crippen molar-refractivity contribution in [3.63, 3.8) is 0 Å². The monoisotopic (exact) mass is 1070 g/mol. The fourth-order valence-corrected chi connectivity index (χ4v) is 10.8. The van der Waals surface area contributed by atoms with Gasteiger partial charge in [-0.3, -0.25) is 4.79 Å². The van der Waals surface area contributed by atoms with Crippen LogP contribution in [0.5, 0.6) is 28.7 Å². The summed E-state index contributed by atoms with van der Waals surface area (Å²) in [5, 5.41) is 73.3. The average molecular weight is 1070 g/mol. The Labute approximate surface area is 418 Å². The van der Waals surface area contributed by atoms with Crippen molar-refractivity contribution in [2.24, 2.45) is 0 Å². The maximum absolute atomic E-state index is 12.9. The van der Waals surface area contributed by atoms with Gasteiger partial charge in [0.25, 0.3) is 0 Å². The zero-order valence-corrected chi connectivity index (χ0v) is 40.1. The number of carboxylic acids is 1. The van der Waals surface area contributed by atoms with Crippen LogP contribution in [0.3, 0.4) is 0 Å². The Hall–Kier alpha value is -8.10. The summed E-state index contributed by atoms with van der Waals surface area (Å²) in [7, 11) is -15.9. The van der Waals surface area contributed by atoms with Crippen LogP contribution in [0, 0.1) is 0 Å². The third-order valence-corrected chi connectivity index (χ3v) is 14.7. The van der Waals surface area contributed by atoms with E-state index in [2.05, 4.69) is 10.6 Å². The van der Waals surface area contributed by atoms with Crippen molar-refractivity contribution in [3.8, 4) is 51.2 Å². The third kappa shape index (κ3) is 9.95. The van der Waals surface area contributed by atoms with Crippen molar-refractivity contribution in [2.45, 2.75) is 40.4 Å². The second kappa shape index (κ2) is 18.2. The second-order valence-corrected chi connectivity index (χ2v) is 21.5. The van der Waals surface area contributed by atoms with Crippen molar-refractivity contribution < 1.29 is 78.8 Å². The Morgan fingerprint density at radius 3 is 1.36 bits per heavy atom. The maximum Gasteiger partial charge on any atom is 0.336 e. The normalized spacial score (nSPS) is 12.9. The first-order chi connectivity index (χ1) is 34.2. The SMILES string of the molecule is O=C(O)c1cc(NC(=S)Nc2cc3c(O)c(c2)Cc2cc(S(=O)(=O)[O-])cc(c2O)Cc2cc(S(=O)(=O)[O-])cc(c2O)Cc2cc(S(=O)(=O)[O-])cc(c2O)C3)ccc1-c1c2ccc(=O)cc-2oc2cc(O)ccc12. The summed E-state index contributed by atoms with van der Waals surface area (Å²) in [4.78, 5) is 22.5. The molecule has 0 saturated carbocycles. The number of phenols is 5. The van der Waals surface area contributed by atoms with Crippen LogP contribution in [-0.2, 0) is 56.0 Å². The van der Waals surface area contributed by atoms with Crippen molar-refractivity contribution in [3.05, 3.63) is 163 Å². The number of thiocarbonyl (C=S) groups is 1. The van der Waals surface area contributed by atoms with Crippen LogP contribution in [0.2, 0.25) is 0 Å². The fraction of sp³-hybridized carbons (Fsp3) is 0.0816. The van der Waals surface area contributed by atoms with E-state index >= 15 is 0 Å². The Morgan fingerprint density at radius 1 is 0.521 bits per heavy atom. The molecule has 0 saturated heterocycles. The molecule has 3 aliphatic rings. The number of hydrogen-bond donors (Lipinski definition) is 8. The van der Waals surface area contributed by atoms with Crippen LogP contribution in [0.4, 0.5) is 11.4 Å². The van der Waals surface area contributed by atoms with Gasteiger partial charge in [0.2, 0.25) is 0 Å². The fourth-order valence-electron chi connectivity index (χ4n) is 8.81. The number of aromatic hydroxyl groups is 5. The molecule has 73 heavy (non-hydrogen) atoms. The van der Waals surface area contributed by atoms with Crippen molar-refractivity contribution >= 4 is 76.0 Å². The van der Waals surface area contributed by atoms with Gasteiger partial charge >= 0.3 is 5.97 Å². The predicted molar refractivity (Wildman–Crippen MR) is 261 cm³/mol. The van der Waals surface area contributed by atoms with E-state index in [1.54, 1.807) is 0 Å². The zero-order valence-electron chi connectivity index (χ0n) is 36.9. The lowest BCUT2D eigenvalue weighted by Crippen LogP contribution is -2.20. The molecule has 8 bridgehead atoms. The summed E-state index contributed by atoms with van der Waals surface area (Å²) in [5.74, 6) is -4.09. The van der Waals surface area contributed by atoms with E-state index in [4.69, 9.17) is 16.6 Å². The molecule has 0 amide bonds. The predicted octanol–water partition coefficient (Wildman–Crippen LogP) is 5.99. The average Bonchev–Trinajstić information content (AvgIpc) is 3.29. The summed E-state index contributed by atoms with van der Waals surface area (Å²) >= 11 is 5.63. The number of carboxylic acid groups (broad SMARTS) is 1. The number of benzene rings is 7. The molecule has 20 nitrogen and oxygen atoms in total. The minimum atomic E-state index is -5.32. The van der Waals surface area contributed by atoms with Gasteiger partial charge in [-0.1, -0.05) is 6.07 Å². The number of carbonyl (C=O) groups is 1. The first-order valence-electron chi connectivity index (χ1n) is 21.1. The van der Waals surface area contributed by atoms with Gasteiger partial charge < -0.3 is 59.3 Å². The number of hydrogen-bond acceptors (Lipinski definition) is 18. The van der Waals surface area contributed by atoms with Gasteiger partial charge in [0.1, 0.15) is 70.4 Å². The van der Waals surface area contributed by atoms with Gasteiger partial charge in [0.05, 0.1) is 20.2 Å². The van der Waals surface area contributed by atoms with Crippen molar-refractivity contribution in [1.29, 1.82) is 0 Å². The minimum absolute atomic E-state index is 0.0364. The summed E-state index contributed by atoms with van der Waals surface area (Å²) in [6.07, 6.45) is -2.66. The molecular weight excluding hydrogens is 1030 g/mol. The molecule has 9 rings (SSSR count). The summed E-state index contributed by atoms with van der Waals surface area (Å²) in [6, 6.07) is 19.6. The highest BCUT2D eigenvalue weighted by Crippen LogP contribution is 2.44. The van der Waals surface area contributed by atoms with Gasteiger partial charge in [0.15, 0.2) is 10.5 Å². The van der Waals surface area contributed by atoms with Gasteiger partial charge in [-0.05, 0) is 136 Å². The van der Waals surface area contributed by atoms with E-state index in [1.165, 1.54) is 66.7 Å². The molecule has 24 heteroatoms. The first kappa shape index (κ1) is 49.9. The van der Waals surface area contributed by atoms with Crippen LogP contribution in [0.1, 0.15) is 54.9 Å². The molecule has 1 heterocycles. The van der Waals surface area contributed by atoms with Crippen LogP contribution in [-0.4, -0.2) is 80.6 Å². The number of aromatic carboxylic acids is 1. The molecule has 8 N–H and O–H groups in total. The van der Waals surface area contributed by atoms with E-state index in [9.17, 15) is 79.1 Å². The Kier molecular flexibility index (Phi) is 12.4. The quantitative estimate of drug-likeness (QED) is 0.0393. The van der Waals surface area contributed by atoms with Crippen LogP contribution >= 0.6 is 12.2 Å². The molecular formula is C49H33N2O18S4-3. The molecule has 2 aliphatic carbocycles. The highest BCUT2D eigenvalue weighted by atomic mass is 32.2. The lowest BCUT2D eigenvalue weighted by atomic mass is 9.90. The Balaban J connectivity index is 1.16. The van der Waals surface area contributed by atoms with Crippen LogP contribution in [0.25, 0.3) is 33.4 Å². The second-order valence-electron chi connectivity index (χ2n) is 16.9. The number of nitrogens with one attached hydrogen (secondary N) is 2. The first-order valence-corrected chi connectivity index (χ1v) is 25.8. The molecule has 6 aromatic rings. The van der Waals surface area contributed by atoms with Crippen LogP contribution < -0.4 is 16.1 Å². The van der Waals surface area contributed by atoms with E-state index < -0.39 is 111 Å². The van der Waals surface area contributed by atoms with Crippen molar-refractivity contribution in [1.82, 2.24) is 0 Å². The number of anilines is 2. The molecule has 0 fully saturated rings. The van der Waals surface area contributed by atoms with Gasteiger partial charge in [-0.2, -0.15) is 0 Å². The molecule has 0 aromatic heterocycles. The third-order valence-electron chi connectivity index (χ3n) is 12.1. The van der Waals surface area contributed by atoms with E-state index in [0.29, 0.717) is 16.5 Å². The van der Waals surface area contributed by atoms with Crippen molar-refractivity contribution in [2.75, 3.05) is 10.6 Å². The van der Waals surface area contributed by atoms with E-state index in [-0.39, 0.29) is 83.5 Å². The molecule has 0 spiro atoms. The standard InChI is InChI=1S/C49H36N2O18S4/c52-32-2-5-38-41(20-32)69-42-21-33(53)3-6-39(42)43(38)37-4-1-30(19-40(37)48(58)59)50-49(70)51-31-11-22-7-24-13-34(71(60,61)62)15-26(45(24)55)9-28-17-36(73(66,67)68)18-29(47(28)57)10-27-16-35(72(63,64)65)14-25(46(27)56)8-23(12-31)44(22)54/h1-6,11-21,52,54-57H,7-10H2,(H,58,59)(H2,50,51,70)(H,60,61,62)(H,63,64,65)(H,66,67,68)/p-3. The Bertz CT molecular complexity index is 3960. The summed E-state index contributed by atoms with van der Waals surface area (Å²) in [6.45, 7) is 0. The lowest BCUT2D eigenvalue weighted by molar-refractivity contribution is 0.0697. The minimum Gasteiger partial charge on any atom is -0.744 e. The number of fused-ring (bicyclic) bond motifs is 10. The molecule has 0 radical (unpaired) electrons. The maximum atomic E-state index is 12.9.